The monoisotopic (exact) mass is 567 g/mol. The third-order valence-electron chi connectivity index (χ3n) is 6.01. The van der Waals surface area contributed by atoms with E-state index in [1.165, 1.54) is 25.1 Å². The van der Waals surface area contributed by atoms with Crippen LogP contribution in [-0.4, -0.2) is 42.2 Å². The van der Waals surface area contributed by atoms with Gasteiger partial charge in [-0.25, -0.2) is 13.2 Å². The van der Waals surface area contributed by atoms with Crippen molar-refractivity contribution in [3.8, 4) is 0 Å². The van der Waals surface area contributed by atoms with Crippen LogP contribution in [0.4, 0.5) is 26.3 Å². The van der Waals surface area contributed by atoms with Crippen LogP contribution in [0.1, 0.15) is 39.9 Å². The van der Waals surface area contributed by atoms with Gasteiger partial charge in [0.15, 0.2) is 5.82 Å². The standard InChI is InChI=1S/C23H17Cl2F6N3O3/c1-10-4-11(2-3-13(10)20(36)32-9-18(35)33-17-8-22(17,27)28)16-7-21(37-34-16,23(29,30)31)12-5-14(24)19(26)15(25)6-12/h2-6,17H,7-9H2,1H3,(H,32,36)(H,33,35). The molecular weight excluding hydrogens is 551 g/mol. The molecule has 6 nitrogen and oxygen atoms in total. The molecule has 0 spiro atoms. The van der Waals surface area contributed by atoms with Crippen LogP contribution in [-0.2, 0) is 15.2 Å². The molecule has 4 rings (SSSR count). The molecule has 2 N–H and O–H groups in total. The number of hydrogen-bond acceptors (Lipinski definition) is 4. The predicted molar refractivity (Wildman–Crippen MR) is 121 cm³/mol. The SMILES string of the molecule is Cc1cc(C2=NOC(c3cc(Cl)c(F)c(Cl)c3)(C(F)(F)F)C2)ccc1C(=O)NCC(=O)NC1CC1(F)F. The molecule has 0 saturated heterocycles. The topological polar surface area (TPSA) is 79.8 Å². The van der Waals surface area contributed by atoms with E-state index in [2.05, 4.69) is 15.8 Å². The average Bonchev–Trinajstić information content (AvgIpc) is 3.19. The maximum absolute atomic E-state index is 14.2. The Hall–Kier alpha value is -2.99. The first-order chi connectivity index (χ1) is 17.1. The average molecular weight is 568 g/mol. The largest absolute Gasteiger partial charge is 0.435 e. The van der Waals surface area contributed by atoms with E-state index in [1.54, 1.807) is 0 Å². The molecule has 2 atom stereocenters. The molecule has 1 aliphatic carbocycles. The number of nitrogens with zero attached hydrogens (tertiary/aromatic N) is 1. The van der Waals surface area contributed by atoms with Crippen LogP contribution in [0, 0.1) is 12.7 Å². The van der Waals surface area contributed by atoms with Gasteiger partial charge in [0, 0.05) is 24.0 Å². The molecule has 0 bridgehead atoms. The van der Waals surface area contributed by atoms with Gasteiger partial charge in [-0.05, 0) is 42.3 Å². The van der Waals surface area contributed by atoms with Crippen LogP contribution in [0.25, 0.3) is 0 Å². The number of hydrogen-bond donors (Lipinski definition) is 2. The van der Waals surface area contributed by atoms with Gasteiger partial charge < -0.3 is 15.5 Å². The van der Waals surface area contributed by atoms with Gasteiger partial charge in [-0.1, -0.05) is 34.4 Å². The normalized spacial score (nSPS) is 22.2. The van der Waals surface area contributed by atoms with Crippen LogP contribution in [0.2, 0.25) is 10.0 Å². The van der Waals surface area contributed by atoms with Gasteiger partial charge in [0.1, 0.15) is 0 Å². The van der Waals surface area contributed by atoms with Crippen molar-refractivity contribution in [1.82, 2.24) is 10.6 Å². The van der Waals surface area contributed by atoms with E-state index in [0.29, 0.717) is 5.56 Å². The Morgan fingerprint density at radius 3 is 2.32 bits per heavy atom. The maximum atomic E-state index is 14.2. The summed E-state index contributed by atoms with van der Waals surface area (Å²) in [6.07, 6.45) is -6.23. The number of oxime groups is 1. The summed E-state index contributed by atoms with van der Waals surface area (Å²) in [5, 5.41) is 6.77. The first-order valence-electron chi connectivity index (χ1n) is 10.7. The summed E-state index contributed by atoms with van der Waals surface area (Å²) in [7, 11) is 0. The highest BCUT2D eigenvalue weighted by atomic mass is 35.5. The first kappa shape index (κ1) is 27.1. The van der Waals surface area contributed by atoms with Crippen molar-refractivity contribution in [2.45, 2.75) is 43.5 Å². The molecule has 2 aliphatic rings. The number of amides is 2. The van der Waals surface area contributed by atoms with Gasteiger partial charge in [-0.3, -0.25) is 9.59 Å². The smallest absolute Gasteiger partial charge is 0.374 e. The van der Waals surface area contributed by atoms with Crippen molar-refractivity contribution in [2.75, 3.05) is 6.54 Å². The number of rotatable bonds is 6. The zero-order valence-electron chi connectivity index (χ0n) is 18.8. The number of halogens is 8. The molecule has 37 heavy (non-hydrogen) atoms. The Bertz CT molecular complexity index is 1290. The Labute approximate surface area is 215 Å². The molecule has 1 fully saturated rings. The van der Waals surface area contributed by atoms with Crippen molar-refractivity contribution in [1.29, 1.82) is 0 Å². The lowest BCUT2D eigenvalue weighted by Gasteiger charge is -2.29. The summed E-state index contributed by atoms with van der Waals surface area (Å²) in [4.78, 5) is 29.1. The second kappa shape index (κ2) is 9.39. The summed E-state index contributed by atoms with van der Waals surface area (Å²) in [6, 6.07) is 4.35. The molecule has 2 aromatic carbocycles. The van der Waals surface area contributed by atoms with Crippen LogP contribution < -0.4 is 10.6 Å². The molecule has 2 aromatic rings. The van der Waals surface area contributed by atoms with Crippen molar-refractivity contribution in [2.24, 2.45) is 5.16 Å². The summed E-state index contributed by atoms with van der Waals surface area (Å²) in [5.74, 6) is -5.49. The molecular formula is C23H17Cl2F6N3O3. The maximum Gasteiger partial charge on any atom is 0.435 e. The Kier molecular flexibility index (Phi) is 6.87. The van der Waals surface area contributed by atoms with Crippen molar-refractivity contribution in [3.63, 3.8) is 0 Å². The fourth-order valence-corrected chi connectivity index (χ4v) is 4.30. The van der Waals surface area contributed by atoms with E-state index in [4.69, 9.17) is 28.0 Å². The number of nitrogens with one attached hydrogen (secondary N) is 2. The van der Waals surface area contributed by atoms with E-state index >= 15 is 0 Å². The zero-order valence-corrected chi connectivity index (χ0v) is 20.3. The van der Waals surface area contributed by atoms with Gasteiger partial charge in [-0.2, -0.15) is 13.2 Å². The lowest BCUT2D eigenvalue weighted by molar-refractivity contribution is -0.275. The van der Waals surface area contributed by atoms with Crippen molar-refractivity contribution >= 4 is 40.7 Å². The van der Waals surface area contributed by atoms with Crippen LogP contribution in [0.5, 0.6) is 0 Å². The second-order valence-electron chi connectivity index (χ2n) is 8.68. The molecule has 2 amide bonds. The van der Waals surface area contributed by atoms with Crippen molar-refractivity contribution < 1.29 is 40.8 Å². The minimum atomic E-state index is -4.98. The molecule has 2 unspecified atom stereocenters. The molecule has 1 aliphatic heterocycles. The number of benzene rings is 2. The van der Waals surface area contributed by atoms with Gasteiger partial charge in [-0.15, -0.1) is 0 Å². The molecule has 0 radical (unpaired) electrons. The second-order valence-corrected chi connectivity index (χ2v) is 9.50. The molecule has 14 heteroatoms. The summed E-state index contributed by atoms with van der Waals surface area (Å²) < 4.78 is 82.1. The lowest BCUT2D eigenvalue weighted by atomic mass is 9.86. The van der Waals surface area contributed by atoms with E-state index < -0.39 is 76.4 Å². The molecule has 1 saturated carbocycles. The molecule has 198 valence electrons. The first-order valence-corrected chi connectivity index (χ1v) is 11.4. The fourth-order valence-electron chi connectivity index (χ4n) is 3.82. The van der Waals surface area contributed by atoms with Crippen LogP contribution in [0.15, 0.2) is 35.5 Å². The van der Waals surface area contributed by atoms with E-state index in [0.717, 1.165) is 12.1 Å². The summed E-state index contributed by atoms with van der Waals surface area (Å²) in [5.41, 5.74) is -2.96. The van der Waals surface area contributed by atoms with E-state index in [-0.39, 0.29) is 16.8 Å². The fraction of sp³-hybridized carbons (Fsp3) is 0.348. The third-order valence-corrected chi connectivity index (χ3v) is 6.56. The number of carbonyl (C=O) groups excluding carboxylic acids is 2. The number of alkyl halides is 5. The van der Waals surface area contributed by atoms with Gasteiger partial charge >= 0.3 is 6.18 Å². The van der Waals surface area contributed by atoms with E-state index in [1.807, 2.05) is 0 Å². The lowest BCUT2D eigenvalue weighted by Crippen LogP contribution is -2.42. The Balaban J connectivity index is 1.49. The minimum absolute atomic E-state index is 0.103. The number of carbonyl (C=O) groups is 2. The van der Waals surface area contributed by atoms with Crippen LogP contribution in [0.3, 0.4) is 0 Å². The van der Waals surface area contributed by atoms with Gasteiger partial charge in [0.25, 0.3) is 17.4 Å². The van der Waals surface area contributed by atoms with E-state index in [9.17, 15) is 35.9 Å². The third kappa shape index (κ3) is 5.22. The summed E-state index contributed by atoms with van der Waals surface area (Å²) in [6.45, 7) is 0.972. The highest BCUT2D eigenvalue weighted by molar-refractivity contribution is 6.35. The van der Waals surface area contributed by atoms with Gasteiger partial charge in [0.2, 0.25) is 5.91 Å². The zero-order chi connectivity index (χ0) is 27.3. The minimum Gasteiger partial charge on any atom is -0.374 e. The summed E-state index contributed by atoms with van der Waals surface area (Å²) >= 11 is 11.4. The highest BCUT2D eigenvalue weighted by Crippen LogP contribution is 2.50. The Morgan fingerprint density at radius 2 is 1.78 bits per heavy atom. The van der Waals surface area contributed by atoms with Gasteiger partial charge in [0.05, 0.1) is 28.3 Å². The van der Waals surface area contributed by atoms with Crippen LogP contribution >= 0.6 is 23.2 Å². The molecule has 1 heterocycles. The van der Waals surface area contributed by atoms with Crippen molar-refractivity contribution in [3.05, 3.63) is 68.4 Å². The molecule has 0 aromatic heterocycles. The highest BCUT2D eigenvalue weighted by Gasteiger charge is 2.62. The quantitative estimate of drug-likeness (QED) is 0.368. The Morgan fingerprint density at radius 1 is 1.16 bits per heavy atom. The predicted octanol–water partition coefficient (Wildman–Crippen LogP) is 5.28. The number of aryl methyl sites for hydroxylation is 1.